The monoisotopic (exact) mass is 365 g/mol. The summed E-state index contributed by atoms with van der Waals surface area (Å²) < 4.78 is 25.9. The molecule has 1 aromatic rings. The molecule has 8 heteroatoms. The molecule has 0 spiro atoms. The van der Waals surface area contributed by atoms with Crippen LogP contribution in [0.1, 0.15) is 25.7 Å². The van der Waals surface area contributed by atoms with E-state index in [2.05, 4.69) is 15.5 Å². The summed E-state index contributed by atoms with van der Waals surface area (Å²) >= 11 is 5.85. The summed E-state index contributed by atoms with van der Waals surface area (Å²) in [6.07, 6.45) is 2.14. The Hall–Kier alpha value is -1.57. The maximum atomic E-state index is 13.0. The van der Waals surface area contributed by atoms with E-state index >= 15 is 0 Å². The molecule has 3 atom stereocenters. The number of nitrogens with one attached hydrogen (secondary N) is 1. The predicted molar refractivity (Wildman–Crippen MR) is 88.5 cm³/mol. The first-order valence-corrected chi connectivity index (χ1v) is 9.82. The fraction of sp³-hybridized carbons (Fsp3) is 0.438. The molecule has 3 aliphatic rings. The third-order valence-corrected chi connectivity index (χ3v) is 7.42. The standard InChI is InChI=1S/C16H16ClN3O3S/c17-9-1-3-11(4-2-9)24(22,23)12-5-6-13-15-14(19-20-16(15)21)8-10(7-12)18-13/h1-4,10,12-13,18H,5-8H2. The second-order valence-corrected chi connectivity index (χ2v) is 9.08. The average Bonchev–Trinajstić information content (AvgIpc) is 2.83. The van der Waals surface area contributed by atoms with Gasteiger partial charge in [0.15, 0.2) is 9.84 Å². The van der Waals surface area contributed by atoms with Crippen molar-refractivity contribution in [2.45, 2.75) is 47.9 Å². The van der Waals surface area contributed by atoms with Gasteiger partial charge in [0.2, 0.25) is 0 Å². The van der Waals surface area contributed by atoms with Gasteiger partial charge >= 0.3 is 0 Å². The minimum atomic E-state index is -3.43. The Morgan fingerprint density at radius 3 is 2.62 bits per heavy atom. The first kappa shape index (κ1) is 15.9. The highest BCUT2D eigenvalue weighted by Gasteiger charge is 2.41. The third-order valence-electron chi connectivity index (χ3n) is 4.93. The quantitative estimate of drug-likeness (QED) is 0.872. The highest BCUT2D eigenvalue weighted by Crippen LogP contribution is 2.37. The van der Waals surface area contributed by atoms with Crippen molar-refractivity contribution in [1.82, 2.24) is 5.32 Å². The number of amides is 1. The topological polar surface area (TPSA) is 88.0 Å². The molecule has 1 fully saturated rings. The molecule has 0 radical (unpaired) electrons. The molecule has 1 N–H and O–H groups in total. The average molecular weight is 366 g/mol. The largest absolute Gasteiger partial charge is 0.306 e. The van der Waals surface area contributed by atoms with Gasteiger partial charge in [0, 0.05) is 23.5 Å². The Kier molecular flexibility index (Phi) is 3.82. The van der Waals surface area contributed by atoms with E-state index in [0.29, 0.717) is 41.2 Å². The summed E-state index contributed by atoms with van der Waals surface area (Å²) in [6, 6.07) is 6.14. The SMILES string of the molecule is O=C1N=NC2=C1C1CCC(S(=O)(=O)c3ccc(Cl)cc3)CC(C2)N1. The summed E-state index contributed by atoms with van der Waals surface area (Å²) in [5, 5.41) is 11.0. The Balaban J connectivity index is 1.61. The van der Waals surface area contributed by atoms with E-state index < -0.39 is 15.1 Å². The summed E-state index contributed by atoms with van der Waals surface area (Å²) in [6.45, 7) is 0. The van der Waals surface area contributed by atoms with Gasteiger partial charge in [-0.15, -0.1) is 5.11 Å². The number of hydrogen-bond donors (Lipinski definition) is 1. The van der Waals surface area contributed by atoms with Crippen molar-refractivity contribution in [2.24, 2.45) is 10.2 Å². The van der Waals surface area contributed by atoms with Gasteiger partial charge in [-0.05, 0) is 43.5 Å². The minimum absolute atomic E-state index is 0.00632. The number of nitrogens with zero attached hydrogens (tertiary/aromatic N) is 2. The van der Waals surface area contributed by atoms with Crippen LogP contribution in [0.4, 0.5) is 0 Å². The molecule has 3 unspecified atom stereocenters. The summed E-state index contributed by atoms with van der Waals surface area (Å²) in [7, 11) is -3.43. The lowest BCUT2D eigenvalue weighted by atomic mass is 9.94. The predicted octanol–water partition coefficient (Wildman–Crippen LogP) is 2.64. The molecular formula is C16H16ClN3O3S. The maximum absolute atomic E-state index is 13.0. The van der Waals surface area contributed by atoms with Crippen LogP contribution in [-0.2, 0) is 14.6 Å². The second kappa shape index (κ2) is 5.75. The smallest absolute Gasteiger partial charge is 0.294 e. The van der Waals surface area contributed by atoms with Crippen LogP contribution in [0.15, 0.2) is 50.7 Å². The fourth-order valence-corrected chi connectivity index (χ4v) is 5.72. The number of carbonyl (C=O) groups excluding carboxylic acids is 1. The zero-order valence-electron chi connectivity index (χ0n) is 12.8. The lowest BCUT2D eigenvalue weighted by Gasteiger charge is -2.28. The van der Waals surface area contributed by atoms with Gasteiger partial charge in [-0.2, -0.15) is 5.11 Å². The summed E-state index contributed by atoms with van der Waals surface area (Å²) in [5.41, 5.74) is 1.34. The lowest BCUT2D eigenvalue weighted by Crippen LogP contribution is -2.43. The number of rotatable bonds is 2. The molecule has 0 saturated carbocycles. The van der Waals surface area contributed by atoms with Crippen LogP contribution in [0.25, 0.3) is 0 Å². The van der Waals surface area contributed by atoms with Crippen molar-refractivity contribution in [3.8, 4) is 0 Å². The zero-order valence-corrected chi connectivity index (χ0v) is 14.3. The van der Waals surface area contributed by atoms with E-state index in [9.17, 15) is 13.2 Å². The van der Waals surface area contributed by atoms with E-state index in [-0.39, 0.29) is 18.0 Å². The van der Waals surface area contributed by atoms with Gasteiger partial charge in [-0.3, -0.25) is 4.79 Å². The molecule has 24 heavy (non-hydrogen) atoms. The van der Waals surface area contributed by atoms with Crippen LogP contribution in [0.3, 0.4) is 0 Å². The molecule has 3 aliphatic heterocycles. The molecule has 4 rings (SSSR count). The molecule has 0 aromatic heterocycles. The van der Waals surface area contributed by atoms with Gasteiger partial charge in [-0.25, -0.2) is 8.42 Å². The normalized spacial score (nSPS) is 29.5. The van der Waals surface area contributed by atoms with E-state index in [1.807, 2.05) is 0 Å². The number of carbonyl (C=O) groups is 1. The molecule has 1 amide bonds. The highest BCUT2D eigenvalue weighted by molar-refractivity contribution is 7.92. The Morgan fingerprint density at radius 2 is 1.88 bits per heavy atom. The number of halogens is 1. The van der Waals surface area contributed by atoms with Gasteiger partial charge in [0.25, 0.3) is 5.91 Å². The van der Waals surface area contributed by atoms with Gasteiger partial charge in [0.1, 0.15) is 0 Å². The highest BCUT2D eigenvalue weighted by atomic mass is 35.5. The van der Waals surface area contributed by atoms with Crippen molar-refractivity contribution >= 4 is 27.3 Å². The molecule has 0 aliphatic carbocycles. The van der Waals surface area contributed by atoms with E-state index in [1.165, 1.54) is 0 Å². The molecule has 3 heterocycles. The van der Waals surface area contributed by atoms with Crippen molar-refractivity contribution in [2.75, 3.05) is 0 Å². The van der Waals surface area contributed by atoms with E-state index in [1.54, 1.807) is 24.3 Å². The molecule has 1 aromatic carbocycles. The van der Waals surface area contributed by atoms with Crippen LogP contribution in [-0.4, -0.2) is 31.7 Å². The van der Waals surface area contributed by atoms with E-state index in [0.717, 1.165) is 5.70 Å². The minimum Gasteiger partial charge on any atom is -0.306 e. The Labute approximate surface area is 144 Å². The number of benzene rings is 1. The number of fused-ring (bicyclic) bond motifs is 3. The van der Waals surface area contributed by atoms with E-state index in [4.69, 9.17) is 11.6 Å². The zero-order chi connectivity index (χ0) is 16.9. The number of sulfone groups is 1. The van der Waals surface area contributed by atoms with Crippen molar-refractivity contribution in [3.63, 3.8) is 0 Å². The molecule has 6 nitrogen and oxygen atoms in total. The number of azo groups is 1. The summed E-state index contributed by atoms with van der Waals surface area (Å²) in [4.78, 5) is 12.2. The number of hydrogen-bond acceptors (Lipinski definition) is 5. The van der Waals surface area contributed by atoms with Crippen LogP contribution in [0, 0.1) is 0 Å². The van der Waals surface area contributed by atoms with Crippen molar-refractivity contribution < 1.29 is 13.2 Å². The van der Waals surface area contributed by atoms with Crippen LogP contribution < -0.4 is 5.32 Å². The molecule has 2 bridgehead atoms. The van der Waals surface area contributed by atoms with Crippen molar-refractivity contribution in [1.29, 1.82) is 0 Å². The van der Waals surface area contributed by atoms with Crippen LogP contribution >= 0.6 is 11.6 Å². The molecular weight excluding hydrogens is 350 g/mol. The summed E-state index contributed by atoms with van der Waals surface area (Å²) in [5.74, 6) is -0.292. The molecule has 1 saturated heterocycles. The van der Waals surface area contributed by atoms with Crippen molar-refractivity contribution in [3.05, 3.63) is 40.6 Å². The Morgan fingerprint density at radius 1 is 1.12 bits per heavy atom. The van der Waals surface area contributed by atoms with Crippen LogP contribution in [0.5, 0.6) is 0 Å². The van der Waals surface area contributed by atoms with Gasteiger partial charge in [-0.1, -0.05) is 11.6 Å². The van der Waals surface area contributed by atoms with Crippen LogP contribution in [0.2, 0.25) is 5.02 Å². The maximum Gasteiger partial charge on any atom is 0.294 e. The lowest BCUT2D eigenvalue weighted by molar-refractivity contribution is -0.114. The Bertz CT molecular complexity index is 861. The fourth-order valence-electron chi connectivity index (χ4n) is 3.76. The van der Waals surface area contributed by atoms with Gasteiger partial charge < -0.3 is 5.32 Å². The second-order valence-electron chi connectivity index (χ2n) is 6.42. The first-order valence-electron chi connectivity index (χ1n) is 7.90. The molecule has 126 valence electrons. The first-order chi connectivity index (χ1) is 11.4. The third kappa shape index (κ3) is 2.60. The van der Waals surface area contributed by atoms with Gasteiger partial charge in [0.05, 0.1) is 21.4 Å².